The predicted molar refractivity (Wildman–Crippen MR) is 89.5 cm³/mol. The number of amides is 4. The molecule has 0 atom stereocenters. The lowest BCUT2D eigenvalue weighted by Gasteiger charge is -2.15. The molecule has 8 nitrogen and oxygen atoms in total. The summed E-state index contributed by atoms with van der Waals surface area (Å²) >= 11 is 0. The monoisotopic (exact) mass is 341 g/mol. The molecule has 3 rings (SSSR count). The minimum Gasteiger partial charge on any atom is -0.338 e. The van der Waals surface area contributed by atoms with Crippen molar-refractivity contribution in [2.24, 2.45) is 0 Å². The molecule has 2 heterocycles. The van der Waals surface area contributed by atoms with E-state index in [4.69, 9.17) is 0 Å². The second-order valence-corrected chi connectivity index (χ2v) is 5.74. The van der Waals surface area contributed by atoms with E-state index in [0.29, 0.717) is 30.9 Å². The molecule has 130 valence electrons. The number of hydrogen-bond donors (Lipinski definition) is 3. The zero-order valence-electron chi connectivity index (χ0n) is 13.8. The molecule has 25 heavy (non-hydrogen) atoms. The van der Waals surface area contributed by atoms with Crippen LogP contribution in [-0.4, -0.2) is 39.5 Å². The van der Waals surface area contributed by atoms with Crippen molar-refractivity contribution in [3.8, 4) is 0 Å². The number of carbonyl (C=O) groups is 3. The Balaban J connectivity index is 1.61. The molecule has 3 N–H and O–H groups in total. The smallest absolute Gasteiger partial charge is 0.318 e. The highest BCUT2D eigenvalue weighted by Crippen LogP contribution is 2.24. The molecule has 2 aromatic rings. The maximum atomic E-state index is 12.1. The summed E-state index contributed by atoms with van der Waals surface area (Å²) in [6.07, 6.45) is -0.0202. The number of imide groups is 1. The van der Waals surface area contributed by atoms with Crippen LogP contribution in [0.4, 0.5) is 4.79 Å². The molecular formula is C17H19N5O3. The summed E-state index contributed by atoms with van der Waals surface area (Å²) in [5.41, 5.74) is 2.64. The molecule has 0 unspecified atom stereocenters. The van der Waals surface area contributed by atoms with Crippen molar-refractivity contribution in [2.75, 3.05) is 6.54 Å². The molecule has 4 amide bonds. The Labute approximate surface area is 144 Å². The van der Waals surface area contributed by atoms with Crippen LogP contribution in [0.1, 0.15) is 34.2 Å². The van der Waals surface area contributed by atoms with Crippen molar-refractivity contribution in [3.63, 3.8) is 0 Å². The van der Waals surface area contributed by atoms with Crippen molar-refractivity contribution >= 4 is 17.8 Å². The molecule has 0 fully saturated rings. The third kappa shape index (κ3) is 3.68. The quantitative estimate of drug-likeness (QED) is 0.769. The van der Waals surface area contributed by atoms with E-state index >= 15 is 0 Å². The van der Waals surface area contributed by atoms with Crippen LogP contribution in [0.2, 0.25) is 0 Å². The topological polar surface area (TPSA) is 107 Å². The Kier molecular flexibility index (Phi) is 4.78. The SMILES string of the molecule is CCNC(=O)N1Cc2[nH]nc(CC(=O)NC(=O)c3ccccc3)c2C1. The van der Waals surface area contributed by atoms with Crippen LogP contribution >= 0.6 is 0 Å². The molecule has 0 spiro atoms. The first-order chi connectivity index (χ1) is 12.1. The fourth-order valence-electron chi connectivity index (χ4n) is 2.74. The second kappa shape index (κ2) is 7.16. The van der Waals surface area contributed by atoms with Gasteiger partial charge in [0, 0.05) is 17.7 Å². The summed E-state index contributed by atoms with van der Waals surface area (Å²) in [5.74, 6) is -0.874. The van der Waals surface area contributed by atoms with E-state index in [1.807, 2.05) is 6.92 Å². The van der Waals surface area contributed by atoms with Gasteiger partial charge in [0.2, 0.25) is 5.91 Å². The first kappa shape index (κ1) is 16.7. The van der Waals surface area contributed by atoms with E-state index in [1.165, 1.54) is 0 Å². The molecule has 1 aliphatic rings. The fourth-order valence-corrected chi connectivity index (χ4v) is 2.74. The Morgan fingerprint density at radius 1 is 1.20 bits per heavy atom. The first-order valence-corrected chi connectivity index (χ1v) is 8.05. The summed E-state index contributed by atoms with van der Waals surface area (Å²) in [6.45, 7) is 3.23. The number of nitrogens with zero attached hydrogens (tertiary/aromatic N) is 2. The van der Waals surface area contributed by atoms with Gasteiger partial charge in [0.15, 0.2) is 0 Å². The lowest BCUT2D eigenvalue weighted by Crippen LogP contribution is -2.36. The number of urea groups is 1. The number of aromatic nitrogens is 2. The molecule has 1 aliphatic heterocycles. The normalized spacial score (nSPS) is 12.6. The minimum absolute atomic E-state index is 0.0202. The van der Waals surface area contributed by atoms with Gasteiger partial charge in [-0.3, -0.25) is 20.0 Å². The third-order valence-corrected chi connectivity index (χ3v) is 3.97. The first-order valence-electron chi connectivity index (χ1n) is 8.05. The Morgan fingerprint density at radius 3 is 2.68 bits per heavy atom. The molecule has 0 bridgehead atoms. The van der Waals surface area contributed by atoms with E-state index < -0.39 is 11.8 Å². The number of aromatic amines is 1. The van der Waals surface area contributed by atoms with Crippen LogP contribution in [-0.2, 0) is 24.3 Å². The lowest BCUT2D eigenvalue weighted by molar-refractivity contribution is -0.119. The van der Waals surface area contributed by atoms with Crippen LogP contribution < -0.4 is 10.6 Å². The van der Waals surface area contributed by atoms with Crippen molar-refractivity contribution in [1.82, 2.24) is 25.7 Å². The predicted octanol–water partition coefficient (Wildman–Crippen LogP) is 0.954. The molecule has 0 aliphatic carbocycles. The number of hydrogen-bond acceptors (Lipinski definition) is 4. The lowest BCUT2D eigenvalue weighted by atomic mass is 10.1. The van der Waals surface area contributed by atoms with Gasteiger partial charge in [-0.25, -0.2) is 4.79 Å². The minimum atomic E-state index is -0.443. The largest absolute Gasteiger partial charge is 0.338 e. The van der Waals surface area contributed by atoms with Crippen molar-refractivity contribution in [3.05, 3.63) is 52.8 Å². The van der Waals surface area contributed by atoms with Gasteiger partial charge in [0.05, 0.1) is 30.9 Å². The maximum Gasteiger partial charge on any atom is 0.318 e. The van der Waals surface area contributed by atoms with Crippen LogP contribution in [0.3, 0.4) is 0 Å². The molecule has 1 aromatic carbocycles. The third-order valence-electron chi connectivity index (χ3n) is 3.97. The van der Waals surface area contributed by atoms with Gasteiger partial charge in [-0.15, -0.1) is 0 Å². The Hall–Kier alpha value is -3.16. The number of benzene rings is 1. The van der Waals surface area contributed by atoms with Crippen molar-refractivity contribution < 1.29 is 14.4 Å². The van der Waals surface area contributed by atoms with Gasteiger partial charge >= 0.3 is 6.03 Å². The van der Waals surface area contributed by atoms with Gasteiger partial charge in [-0.2, -0.15) is 5.10 Å². The van der Waals surface area contributed by atoms with E-state index in [-0.39, 0.29) is 12.5 Å². The summed E-state index contributed by atoms with van der Waals surface area (Å²) in [5, 5.41) is 12.1. The number of fused-ring (bicyclic) bond motifs is 1. The van der Waals surface area contributed by atoms with Gasteiger partial charge < -0.3 is 10.2 Å². The molecule has 0 saturated heterocycles. The molecule has 8 heteroatoms. The average molecular weight is 341 g/mol. The average Bonchev–Trinajstić information content (AvgIpc) is 3.18. The summed E-state index contributed by atoms with van der Waals surface area (Å²) in [6, 6.07) is 8.39. The summed E-state index contributed by atoms with van der Waals surface area (Å²) < 4.78 is 0. The van der Waals surface area contributed by atoms with Crippen molar-refractivity contribution in [2.45, 2.75) is 26.4 Å². The highest BCUT2D eigenvalue weighted by atomic mass is 16.2. The van der Waals surface area contributed by atoms with Crippen molar-refractivity contribution in [1.29, 1.82) is 0 Å². The summed E-state index contributed by atoms with van der Waals surface area (Å²) in [7, 11) is 0. The highest BCUT2D eigenvalue weighted by Gasteiger charge is 2.28. The van der Waals surface area contributed by atoms with Gasteiger partial charge in [0.1, 0.15) is 0 Å². The van der Waals surface area contributed by atoms with E-state index in [2.05, 4.69) is 20.8 Å². The van der Waals surface area contributed by atoms with Crippen LogP contribution in [0, 0.1) is 0 Å². The zero-order valence-corrected chi connectivity index (χ0v) is 13.8. The van der Waals surface area contributed by atoms with E-state index in [1.54, 1.807) is 35.2 Å². The molecule has 1 aromatic heterocycles. The van der Waals surface area contributed by atoms with Gasteiger partial charge in [-0.1, -0.05) is 18.2 Å². The highest BCUT2D eigenvalue weighted by molar-refractivity contribution is 6.05. The maximum absolute atomic E-state index is 12.1. The van der Waals surface area contributed by atoms with Crippen LogP contribution in [0.25, 0.3) is 0 Å². The number of carbonyl (C=O) groups excluding carboxylic acids is 3. The van der Waals surface area contributed by atoms with Crippen LogP contribution in [0.15, 0.2) is 30.3 Å². The van der Waals surface area contributed by atoms with Crippen LogP contribution in [0.5, 0.6) is 0 Å². The number of rotatable bonds is 4. The van der Waals surface area contributed by atoms with Gasteiger partial charge in [-0.05, 0) is 19.1 Å². The molecule has 0 saturated carbocycles. The second-order valence-electron chi connectivity index (χ2n) is 5.74. The summed E-state index contributed by atoms with van der Waals surface area (Å²) in [4.78, 5) is 37.7. The Bertz CT molecular complexity index is 800. The standard InChI is InChI=1S/C17H19N5O3/c1-2-18-17(25)22-9-12-13(20-21-14(12)10-22)8-15(23)19-16(24)11-6-4-3-5-7-11/h3-7H,2,8-10H2,1H3,(H,18,25)(H,20,21)(H,19,23,24). The van der Waals surface area contributed by atoms with Gasteiger partial charge in [0.25, 0.3) is 5.91 Å². The Morgan fingerprint density at radius 2 is 1.96 bits per heavy atom. The molecular weight excluding hydrogens is 322 g/mol. The zero-order chi connectivity index (χ0) is 17.8. The van der Waals surface area contributed by atoms with E-state index in [9.17, 15) is 14.4 Å². The fraction of sp³-hybridized carbons (Fsp3) is 0.294. The van der Waals surface area contributed by atoms with E-state index in [0.717, 1.165) is 11.3 Å². The number of nitrogens with one attached hydrogen (secondary N) is 3. The number of H-pyrrole nitrogens is 1. The molecule has 0 radical (unpaired) electrons.